The topological polar surface area (TPSA) is 166 Å². The Bertz CT molecular complexity index is 1150. The number of aliphatic hydroxyl groups excluding tert-OH is 3. The molecule has 0 aromatic heterocycles. The van der Waals surface area contributed by atoms with Crippen LogP contribution >= 0.6 is 0 Å². The molecule has 1 spiro atoms. The summed E-state index contributed by atoms with van der Waals surface area (Å²) in [6, 6.07) is 0. The summed E-state index contributed by atoms with van der Waals surface area (Å²) >= 11 is 0. The number of allylic oxidation sites excluding steroid dienone is 3. The summed E-state index contributed by atoms with van der Waals surface area (Å²) in [4.78, 5) is 52.2. The van der Waals surface area contributed by atoms with E-state index in [1.54, 1.807) is 27.7 Å². The monoisotopic (exact) mass is 520 g/mol. The molecular weight excluding hydrogens is 488 g/mol. The molecule has 2 saturated heterocycles. The van der Waals surface area contributed by atoms with Gasteiger partial charge in [0.2, 0.25) is 11.7 Å². The average molecular weight is 521 g/mol. The molecular formula is C26H32O11. The van der Waals surface area contributed by atoms with E-state index in [2.05, 4.69) is 0 Å². The first-order chi connectivity index (χ1) is 17.3. The number of aliphatic hydroxyl groups is 3. The molecule has 11 nitrogen and oxygen atoms in total. The van der Waals surface area contributed by atoms with E-state index >= 15 is 0 Å². The standard InChI is InChI=1S/C26H32O11/c1-10(2)6-15(28)37-18-20-25-9-35-26(20,23(33)34-5)21(31)17(30)19(25)24(4)8-13(27)16(29)11(3)12(24)7-14(25)36-22(18)32/h6,12,14,17-21,29-31H,7-9H2,1-5H3/t12-,14-,17-,18-,19-,20-,21-,24+,25+,26-/m1/s1. The molecule has 2 bridgehead atoms. The Balaban J connectivity index is 1.74. The number of carbonyl (C=O) groups is 4. The lowest BCUT2D eigenvalue weighted by atomic mass is 9.38. The highest BCUT2D eigenvalue weighted by molar-refractivity contribution is 5.95. The molecule has 202 valence electrons. The second-order valence-corrected chi connectivity index (χ2v) is 11.5. The van der Waals surface area contributed by atoms with Gasteiger partial charge in [-0.25, -0.2) is 14.4 Å². The summed E-state index contributed by atoms with van der Waals surface area (Å²) in [6.07, 6.45) is -4.79. The molecule has 0 unspecified atom stereocenters. The number of ketones is 1. The predicted molar refractivity (Wildman–Crippen MR) is 122 cm³/mol. The first-order valence-electron chi connectivity index (χ1n) is 12.3. The van der Waals surface area contributed by atoms with Gasteiger partial charge in [0.15, 0.2) is 11.5 Å². The van der Waals surface area contributed by atoms with Crippen LogP contribution in [0.15, 0.2) is 23.0 Å². The zero-order chi connectivity index (χ0) is 27.2. The second-order valence-electron chi connectivity index (χ2n) is 11.5. The van der Waals surface area contributed by atoms with Crippen LogP contribution < -0.4 is 0 Å². The van der Waals surface area contributed by atoms with Crippen molar-refractivity contribution in [2.24, 2.45) is 28.6 Å². The van der Waals surface area contributed by atoms with Crippen LogP contribution in [-0.2, 0) is 38.1 Å². The second kappa shape index (κ2) is 8.12. The minimum Gasteiger partial charge on any atom is -0.504 e. The zero-order valence-corrected chi connectivity index (χ0v) is 21.3. The van der Waals surface area contributed by atoms with E-state index in [-0.39, 0.29) is 25.2 Å². The van der Waals surface area contributed by atoms with Crippen LogP contribution in [0.3, 0.4) is 0 Å². The van der Waals surface area contributed by atoms with Crippen molar-refractivity contribution in [1.82, 2.24) is 0 Å². The summed E-state index contributed by atoms with van der Waals surface area (Å²) in [6.45, 7) is 6.53. The molecule has 5 aliphatic rings. The highest BCUT2D eigenvalue weighted by Crippen LogP contribution is 2.72. The van der Waals surface area contributed by atoms with Gasteiger partial charge in [-0.05, 0) is 44.1 Å². The van der Waals surface area contributed by atoms with E-state index < -0.39 is 82.3 Å². The number of carbonyl (C=O) groups excluding carboxylic acids is 4. The molecule has 4 fully saturated rings. The van der Waals surface area contributed by atoms with Crippen molar-refractivity contribution < 1.29 is 53.4 Å². The van der Waals surface area contributed by atoms with Crippen LogP contribution in [0.2, 0.25) is 0 Å². The highest BCUT2D eigenvalue weighted by atomic mass is 16.6. The van der Waals surface area contributed by atoms with Crippen molar-refractivity contribution in [2.75, 3.05) is 13.7 Å². The Morgan fingerprint density at radius 2 is 1.84 bits per heavy atom. The SMILES string of the molecule is COC(=O)[C@]12OC[C@@]34[C@H]([C@@H](O)[C@H]1O)[C@@]1(C)CC(=O)C(O)=C(C)[C@H]1C[C@H]3OC(=O)[C@H](OC(=O)C=C(C)C)[C@@H]24. The Kier molecular flexibility index (Phi) is 5.68. The number of methoxy groups -OCH3 is 1. The lowest BCUT2D eigenvalue weighted by molar-refractivity contribution is -0.290. The van der Waals surface area contributed by atoms with E-state index in [9.17, 15) is 34.5 Å². The summed E-state index contributed by atoms with van der Waals surface area (Å²) in [7, 11) is 1.09. The molecule has 0 amide bonds. The van der Waals surface area contributed by atoms with Gasteiger partial charge in [0, 0.05) is 23.8 Å². The van der Waals surface area contributed by atoms with Crippen molar-refractivity contribution >= 4 is 23.7 Å². The normalized spacial score (nSPS) is 45.9. The molecule has 0 aromatic carbocycles. The average Bonchev–Trinajstić information content (AvgIpc) is 3.12. The molecule has 0 aromatic rings. The van der Waals surface area contributed by atoms with Gasteiger partial charge in [-0.15, -0.1) is 0 Å². The summed E-state index contributed by atoms with van der Waals surface area (Å²) in [5.74, 6) is -6.30. The molecule has 2 aliphatic heterocycles. The van der Waals surface area contributed by atoms with Gasteiger partial charge in [-0.1, -0.05) is 12.5 Å². The quantitative estimate of drug-likeness (QED) is 0.270. The van der Waals surface area contributed by atoms with E-state index in [1.165, 1.54) is 6.08 Å². The maximum atomic E-state index is 13.4. The number of esters is 3. The van der Waals surface area contributed by atoms with E-state index in [4.69, 9.17) is 18.9 Å². The highest BCUT2D eigenvalue weighted by Gasteiger charge is 2.85. The van der Waals surface area contributed by atoms with Crippen LogP contribution in [0, 0.1) is 28.6 Å². The number of Topliss-reactive ketones (excluding diaryl/α,β-unsaturated/α-hetero) is 1. The Morgan fingerprint density at radius 1 is 1.16 bits per heavy atom. The molecule has 3 N–H and O–H groups in total. The van der Waals surface area contributed by atoms with E-state index in [0.717, 1.165) is 7.11 Å². The largest absolute Gasteiger partial charge is 0.504 e. The van der Waals surface area contributed by atoms with Crippen LogP contribution in [-0.4, -0.2) is 82.7 Å². The number of hydrogen-bond donors (Lipinski definition) is 3. The third-order valence-electron chi connectivity index (χ3n) is 9.49. The van der Waals surface area contributed by atoms with Gasteiger partial charge >= 0.3 is 17.9 Å². The first kappa shape index (κ1) is 25.9. The van der Waals surface area contributed by atoms with Crippen LogP contribution in [0.1, 0.15) is 40.5 Å². The molecule has 2 heterocycles. The minimum atomic E-state index is -2.22. The lowest BCUT2D eigenvalue weighted by Gasteiger charge is -2.67. The summed E-state index contributed by atoms with van der Waals surface area (Å²) in [5.41, 5.74) is -3.50. The van der Waals surface area contributed by atoms with Gasteiger partial charge in [0.25, 0.3) is 0 Å². The van der Waals surface area contributed by atoms with Gasteiger partial charge in [-0.3, -0.25) is 4.79 Å². The molecule has 10 atom stereocenters. The first-order valence-corrected chi connectivity index (χ1v) is 12.3. The fourth-order valence-corrected chi connectivity index (χ4v) is 8.25. The Labute approximate surface area is 213 Å². The third-order valence-corrected chi connectivity index (χ3v) is 9.49. The third kappa shape index (κ3) is 3.04. The molecule has 0 radical (unpaired) electrons. The fourth-order valence-electron chi connectivity index (χ4n) is 8.25. The number of rotatable bonds is 3. The Morgan fingerprint density at radius 3 is 2.46 bits per heavy atom. The number of fused-ring (bicyclic) bond motifs is 2. The van der Waals surface area contributed by atoms with Gasteiger partial charge in [0.05, 0.1) is 25.7 Å². The van der Waals surface area contributed by atoms with Gasteiger partial charge in [-0.2, -0.15) is 0 Å². The van der Waals surface area contributed by atoms with E-state index in [0.29, 0.717) is 11.1 Å². The smallest absolute Gasteiger partial charge is 0.348 e. The van der Waals surface area contributed by atoms with Gasteiger partial charge < -0.3 is 34.3 Å². The molecule has 3 aliphatic carbocycles. The van der Waals surface area contributed by atoms with Crippen LogP contribution in [0.5, 0.6) is 0 Å². The zero-order valence-electron chi connectivity index (χ0n) is 21.3. The molecule has 5 rings (SSSR count). The summed E-state index contributed by atoms with van der Waals surface area (Å²) < 4.78 is 22.5. The van der Waals surface area contributed by atoms with E-state index in [1.807, 2.05) is 0 Å². The number of hydrogen-bond acceptors (Lipinski definition) is 11. The van der Waals surface area contributed by atoms with Crippen molar-refractivity contribution in [3.05, 3.63) is 23.0 Å². The van der Waals surface area contributed by atoms with Crippen molar-refractivity contribution in [3.63, 3.8) is 0 Å². The maximum Gasteiger partial charge on any atom is 0.348 e. The summed E-state index contributed by atoms with van der Waals surface area (Å²) in [5, 5.41) is 33.6. The predicted octanol–water partition coefficient (Wildman–Crippen LogP) is 0.517. The molecule has 37 heavy (non-hydrogen) atoms. The number of ether oxygens (including phenoxy) is 4. The molecule has 2 saturated carbocycles. The van der Waals surface area contributed by atoms with Crippen LogP contribution in [0.4, 0.5) is 0 Å². The van der Waals surface area contributed by atoms with Crippen molar-refractivity contribution in [2.45, 2.75) is 70.6 Å². The van der Waals surface area contributed by atoms with Crippen molar-refractivity contribution in [3.8, 4) is 0 Å². The lowest BCUT2D eigenvalue weighted by Crippen LogP contribution is -2.79. The fraction of sp³-hybridized carbons (Fsp3) is 0.692. The van der Waals surface area contributed by atoms with Crippen molar-refractivity contribution in [1.29, 1.82) is 0 Å². The Hall–Kier alpha value is -2.76. The van der Waals surface area contributed by atoms with Gasteiger partial charge in [0.1, 0.15) is 12.2 Å². The minimum absolute atomic E-state index is 0.141. The van der Waals surface area contributed by atoms with Crippen LogP contribution in [0.25, 0.3) is 0 Å². The maximum absolute atomic E-state index is 13.4. The molecule has 11 heteroatoms.